The number of benzene rings is 1. The van der Waals surface area contributed by atoms with Crippen molar-refractivity contribution < 1.29 is 9.13 Å². The largest absolute Gasteiger partial charge is 0.486 e. The molecular formula is C18H28FNO. The fourth-order valence-electron chi connectivity index (χ4n) is 3.15. The predicted octanol–water partition coefficient (Wildman–Crippen LogP) is 4.45. The lowest BCUT2D eigenvalue weighted by Gasteiger charge is -2.41. The minimum atomic E-state index is -0.301. The first kappa shape index (κ1) is 16.3. The zero-order valence-electron chi connectivity index (χ0n) is 13.7. The molecule has 3 unspecified atom stereocenters. The molecule has 0 aromatic heterocycles. The number of halogens is 1. The molecule has 3 heteroatoms. The summed E-state index contributed by atoms with van der Waals surface area (Å²) in [5, 5.41) is 0. The quantitative estimate of drug-likeness (QED) is 0.890. The Morgan fingerprint density at radius 2 is 2.05 bits per heavy atom. The Morgan fingerprint density at radius 1 is 1.33 bits per heavy atom. The van der Waals surface area contributed by atoms with E-state index < -0.39 is 0 Å². The second-order valence-electron chi connectivity index (χ2n) is 7.11. The van der Waals surface area contributed by atoms with Crippen LogP contribution >= 0.6 is 0 Å². The van der Waals surface area contributed by atoms with Crippen molar-refractivity contribution in [3.63, 3.8) is 0 Å². The fraction of sp³-hybridized carbons (Fsp3) is 0.667. The third kappa shape index (κ3) is 3.76. The summed E-state index contributed by atoms with van der Waals surface area (Å²) in [4.78, 5) is 0. The molecule has 2 rings (SSSR count). The lowest BCUT2D eigenvalue weighted by molar-refractivity contribution is 0.0480. The number of hydrogen-bond donors (Lipinski definition) is 1. The second kappa shape index (κ2) is 6.35. The summed E-state index contributed by atoms with van der Waals surface area (Å²) in [5.74, 6) is 0.621. The monoisotopic (exact) mass is 293 g/mol. The summed E-state index contributed by atoms with van der Waals surface area (Å²) in [6, 6.07) is 4.98. The van der Waals surface area contributed by atoms with Crippen LogP contribution < -0.4 is 10.5 Å². The molecule has 1 aliphatic carbocycles. The maximum Gasteiger partial charge on any atom is 0.165 e. The zero-order valence-corrected chi connectivity index (χ0v) is 13.7. The molecule has 1 aromatic carbocycles. The molecule has 0 aliphatic heterocycles. The standard InChI is InChI=1S/C18H28FNO/c1-5-18(3,4)13-7-9-15(20)17(11-13)21-16-10-12(2)6-8-14(16)19/h6,8,10,13,15,17H,5,7,9,11,20H2,1-4H3. The van der Waals surface area contributed by atoms with Gasteiger partial charge < -0.3 is 10.5 Å². The Kier molecular flexibility index (Phi) is 4.92. The molecule has 0 amide bonds. The molecule has 21 heavy (non-hydrogen) atoms. The third-order valence-electron chi connectivity index (χ3n) is 5.22. The van der Waals surface area contributed by atoms with Crippen LogP contribution in [0.5, 0.6) is 5.75 Å². The topological polar surface area (TPSA) is 35.2 Å². The maximum absolute atomic E-state index is 13.9. The van der Waals surface area contributed by atoms with Crippen molar-refractivity contribution in [2.75, 3.05) is 0 Å². The molecule has 1 fully saturated rings. The first-order valence-corrected chi connectivity index (χ1v) is 8.02. The maximum atomic E-state index is 13.9. The third-order valence-corrected chi connectivity index (χ3v) is 5.22. The molecule has 0 heterocycles. The van der Waals surface area contributed by atoms with Crippen molar-refractivity contribution in [3.05, 3.63) is 29.6 Å². The molecule has 1 aromatic rings. The van der Waals surface area contributed by atoms with E-state index in [2.05, 4.69) is 20.8 Å². The summed E-state index contributed by atoms with van der Waals surface area (Å²) in [6.07, 6.45) is 4.05. The van der Waals surface area contributed by atoms with E-state index in [1.54, 1.807) is 12.1 Å². The van der Waals surface area contributed by atoms with E-state index in [1.807, 2.05) is 6.92 Å². The van der Waals surface area contributed by atoms with Gasteiger partial charge in [0.05, 0.1) is 0 Å². The molecule has 0 radical (unpaired) electrons. The van der Waals surface area contributed by atoms with Gasteiger partial charge in [0.25, 0.3) is 0 Å². The van der Waals surface area contributed by atoms with E-state index in [0.29, 0.717) is 11.7 Å². The fourth-order valence-corrected chi connectivity index (χ4v) is 3.15. The highest BCUT2D eigenvalue weighted by Gasteiger charge is 2.37. The molecular weight excluding hydrogens is 265 g/mol. The van der Waals surface area contributed by atoms with Gasteiger partial charge in [-0.15, -0.1) is 0 Å². The van der Waals surface area contributed by atoms with Gasteiger partial charge in [-0.1, -0.05) is 33.3 Å². The van der Waals surface area contributed by atoms with E-state index in [0.717, 1.165) is 31.2 Å². The predicted molar refractivity (Wildman–Crippen MR) is 84.9 cm³/mol. The molecule has 1 aliphatic rings. The minimum Gasteiger partial charge on any atom is -0.486 e. The van der Waals surface area contributed by atoms with E-state index in [4.69, 9.17) is 10.5 Å². The van der Waals surface area contributed by atoms with Crippen LogP contribution in [0, 0.1) is 24.1 Å². The van der Waals surface area contributed by atoms with E-state index >= 15 is 0 Å². The van der Waals surface area contributed by atoms with Crippen molar-refractivity contribution >= 4 is 0 Å². The molecule has 2 N–H and O–H groups in total. The normalized spacial score (nSPS) is 26.7. The Balaban J connectivity index is 2.12. The van der Waals surface area contributed by atoms with Gasteiger partial charge >= 0.3 is 0 Å². The molecule has 1 saturated carbocycles. The van der Waals surface area contributed by atoms with Crippen LogP contribution in [0.25, 0.3) is 0 Å². The summed E-state index contributed by atoms with van der Waals surface area (Å²) in [5.41, 5.74) is 7.50. The van der Waals surface area contributed by atoms with Crippen molar-refractivity contribution in [3.8, 4) is 5.75 Å². The summed E-state index contributed by atoms with van der Waals surface area (Å²) >= 11 is 0. The van der Waals surface area contributed by atoms with Crippen LogP contribution in [0.4, 0.5) is 4.39 Å². The van der Waals surface area contributed by atoms with Gasteiger partial charge in [0, 0.05) is 6.04 Å². The van der Waals surface area contributed by atoms with Crippen LogP contribution in [0.15, 0.2) is 18.2 Å². The number of nitrogens with two attached hydrogens (primary N) is 1. The number of ether oxygens (including phenoxy) is 1. The molecule has 3 atom stereocenters. The Morgan fingerprint density at radius 3 is 2.71 bits per heavy atom. The molecule has 2 nitrogen and oxygen atoms in total. The molecule has 118 valence electrons. The number of aryl methyl sites for hydroxylation is 1. The molecule has 0 saturated heterocycles. The molecule has 0 bridgehead atoms. The van der Waals surface area contributed by atoms with Crippen molar-refractivity contribution in [2.45, 2.75) is 65.5 Å². The second-order valence-corrected chi connectivity index (χ2v) is 7.11. The van der Waals surface area contributed by atoms with E-state index in [-0.39, 0.29) is 23.4 Å². The average molecular weight is 293 g/mol. The van der Waals surface area contributed by atoms with Gasteiger partial charge in [-0.05, 0) is 55.2 Å². The first-order valence-electron chi connectivity index (χ1n) is 8.02. The summed E-state index contributed by atoms with van der Waals surface area (Å²) in [6.45, 7) is 8.78. The smallest absolute Gasteiger partial charge is 0.165 e. The van der Waals surface area contributed by atoms with Crippen LogP contribution in [0.1, 0.15) is 52.0 Å². The minimum absolute atomic E-state index is 0.00572. The van der Waals surface area contributed by atoms with Gasteiger partial charge in [0.15, 0.2) is 11.6 Å². The number of rotatable bonds is 4. The van der Waals surface area contributed by atoms with Crippen LogP contribution in [-0.2, 0) is 0 Å². The van der Waals surface area contributed by atoms with Crippen molar-refractivity contribution in [1.29, 1.82) is 0 Å². The van der Waals surface area contributed by atoms with Crippen LogP contribution in [-0.4, -0.2) is 12.1 Å². The summed E-state index contributed by atoms with van der Waals surface area (Å²) in [7, 11) is 0. The van der Waals surface area contributed by atoms with Crippen molar-refractivity contribution in [1.82, 2.24) is 0 Å². The zero-order chi connectivity index (χ0) is 15.6. The lowest BCUT2D eigenvalue weighted by Crippen LogP contribution is -2.46. The van der Waals surface area contributed by atoms with Crippen LogP contribution in [0.2, 0.25) is 0 Å². The van der Waals surface area contributed by atoms with Gasteiger partial charge in [0.2, 0.25) is 0 Å². The van der Waals surface area contributed by atoms with Crippen molar-refractivity contribution in [2.24, 2.45) is 17.1 Å². The highest BCUT2D eigenvalue weighted by Crippen LogP contribution is 2.41. The van der Waals surface area contributed by atoms with Gasteiger partial charge in [-0.25, -0.2) is 4.39 Å². The van der Waals surface area contributed by atoms with Gasteiger partial charge in [0.1, 0.15) is 6.10 Å². The van der Waals surface area contributed by atoms with Gasteiger partial charge in [-0.3, -0.25) is 0 Å². The Bertz CT molecular complexity index is 486. The van der Waals surface area contributed by atoms with Gasteiger partial charge in [-0.2, -0.15) is 0 Å². The Labute approximate surface area is 127 Å². The average Bonchev–Trinajstić information content (AvgIpc) is 2.45. The molecule has 0 spiro atoms. The number of hydrogen-bond acceptors (Lipinski definition) is 2. The highest BCUT2D eigenvalue weighted by molar-refractivity contribution is 5.29. The SMILES string of the molecule is CCC(C)(C)C1CCC(N)C(Oc2cc(C)ccc2F)C1. The van der Waals surface area contributed by atoms with E-state index in [9.17, 15) is 4.39 Å². The Hall–Kier alpha value is -1.09. The van der Waals surface area contributed by atoms with Crippen LogP contribution in [0.3, 0.4) is 0 Å². The first-order chi connectivity index (χ1) is 9.83. The summed E-state index contributed by atoms with van der Waals surface area (Å²) < 4.78 is 19.8. The highest BCUT2D eigenvalue weighted by atomic mass is 19.1. The van der Waals surface area contributed by atoms with E-state index in [1.165, 1.54) is 6.07 Å². The lowest BCUT2D eigenvalue weighted by atomic mass is 9.68.